The zero-order valence-electron chi connectivity index (χ0n) is 20.6. The topological polar surface area (TPSA) is 113 Å². The van der Waals surface area contributed by atoms with Gasteiger partial charge in [-0.05, 0) is 41.5 Å². The van der Waals surface area contributed by atoms with Crippen molar-refractivity contribution in [3.63, 3.8) is 0 Å². The van der Waals surface area contributed by atoms with Crippen molar-refractivity contribution in [3.8, 4) is 46.0 Å². The van der Waals surface area contributed by atoms with Crippen molar-refractivity contribution in [2.24, 2.45) is 0 Å². The number of ketones is 1. The molecule has 188 valence electrons. The third-order valence-corrected chi connectivity index (χ3v) is 4.57. The predicted octanol–water partition coefficient (Wildman–Crippen LogP) is 4.72. The maximum absolute atomic E-state index is 14.2. The average molecular weight is 479 g/mol. The lowest BCUT2D eigenvalue weighted by Crippen LogP contribution is -2.14. The van der Waals surface area contributed by atoms with Gasteiger partial charge in [-0.15, -0.1) is 0 Å². The van der Waals surface area contributed by atoms with Crippen LogP contribution in [-0.2, 0) is 0 Å². The van der Waals surface area contributed by atoms with Crippen LogP contribution in [0.25, 0.3) is 0 Å². The third-order valence-electron chi connectivity index (χ3n) is 4.57. The number of hydrogen-bond donors (Lipinski definition) is 2. The predicted molar refractivity (Wildman–Crippen MR) is 127 cm³/mol. The Morgan fingerprint density at radius 2 is 0.853 bits per heavy atom. The van der Waals surface area contributed by atoms with E-state index in [0.29, 0.717) is 0 Å². The molecule has 0 bridgehead atoms. The molecule has 0 unspecified atom stereocenters. The molecular weight excluding hydrogens is 444 g/mol. The first-order valence-corrected chi connectivity index (χ1v) is 11.5. The van der Waals surface area contributed by atoms with Gasteiger partial charge in [0.1, 0.15) is 22.6 Å². The van der Waals surface area contributed by atoms with Crippen LogP contribution in [0.5, 0.6) is 46.0 Å². The fourth-order valence-electron chi connectivity index (χ4n) is 3.43. The molecule has 2 aromatic carbocycles. The van der Waals surface area contributed by atoms with Gasteiger partial charge in [-0.2, -0.15) is 0 Å². The van der Waals surface area contributed by atoms with E-state index in [1.807, 2.05) is 0 Å². The number of benzene rings is 2. The highest BCUT2D eigenvalue weighted by Gasteiger charge is 2.34. The molecule has 0 spiro atoms. The van der Waals surface area contributed by atoms with Crippen molar-refractivity contribution in [1.29, 1.82) is 0 Å². The van der Waals surface area contributed by atoms with Crippen LogP contribution >= 0.6 is 0 Å². The van der Waals surface area contributed by atoms with Crippen LogP contribution in [0.3, 0.4) is 0 Å². The largest absolute Gasteiger partial charge is 0.504 e. The van der Waals surface area contributed by atoms with Crippen molar-refractivity contribution < 1.29 is 43.4 Å². The Morgan fingerprint density at radius 1 is 0.559 bits per heavy atom. The van der Waals surface area contributed by atoms with E-state index in [0.717, 1.165) is 0 Å². The Kier molecular flexibility index (Phi) is 9.97. The highest BCUT2D eigenvalue weighted by molar-refractivity contribution is 6.17. The second kappa shape index (κ2) is 12.7. The monoisotopic (exact) mass is 478 g/mol. The lowest BCUT2D eigenvalue weighted by molar-refractivity contribution is 0.102. The summed E-state index contributed by atoms with van der Waals surface area (Å²) in [6.07, 6.45) is 0. The van der Waals surface area contributed by atoms with Crippen LogP contribution < -0.4 is 28.4 Å². The number of phenols is 2. The molecule has 34 heavy (non-hydrogen) atoms. The molecule has 0 aliphatic rings. The molecule has 0 saturated carbocycles. The summed E-state index contributed by atoms with van der Waals surface area (Å²) in [6.45, 7) is 11.8. The lowest BCUT2D eigenvalue weighted by Gasteiger charge is -2.22. The van der Waals surface area contributed by atoms with Crippen LogP contribution in [0.15, 0.2) is 12.1 Å². The van der Waals surface area contributed by atoms with Crippen molar-refractivity contribution in [2.45, 2.75) is 41.5 Å². The number of carbonyl (C=O) groups excluding carboxylic acids is 1. The fraction of sp³-hybridized carbons (Fsp3) is 0.480. The molecule has 0 heterocycles. The zero-order chi connectivity index (χ0) is 25.3. The maximum Gasteiger partial charge on any atom is 0.208 e. The summed E-state index contributed by atoms with van der Waals surface area (Å²) in [7, 11) is 0. The zero-order valence-corrected chi connectivity index (χ0v) is 20.6. The summed E-state index contributed by atoms with van der Waals surface area (Å²) in [5, 5.41) is 21.1. The first kappa shape index (κ1) is 26.8. The van der Waals surface area contributed by atoms with Gasteiger partial charge in [-0.1, -0.05) is 0 Å². The van der Waals surface area contributed by atoms with Crippen molar-refractivity contribution in [2.75, 3.05) is 39.6 Å². The second-order valence-corrected chi connectivity index (χ2v) is 6.78. The molecular formula is C25H34O9. The molecule has 2 N–H and O–H groups in total. The van der Waals surface area contributed by atoms with E-state index in [2.05, 4.69) is 0 Å². The second-order valence-electron chi connectivity index (χ2n) is 6.78. The van der Waals surface area contributed by atoms with Crippen molar-refractivity contribution in [1.82, 2.24) is 0 Å². The number of carbonyl (C=O) groups is 1. The van der Waals surface area contributed by atoms with Gasteiger partial charge < -0.3 is 38.6 Å². The lowest BCUT2D eigenvalue weighted by atomic mass is 9.97. The molecule has 0 aliphatic carbocycles. The minimum Gasteiger partial charge on any atom is -0.504 e. The number of phenolic OH excluding ortho intramolecular Hbond substituents is 2. The summed E-state index contributed by atoms with van der Waals surface area (Å²) in [4.78, 5) is 14.2. The van der Waals surface area contributed by atoms with E-state index in [-0.39, 0.29) is 96.8 Å². The Bertz CT molecular complexity index is 908. The number of hydrogen-bond acceptors (Lipinski definition) is 9. The molecule has 0 saturated heterocycles. The van der Waals surface area contributed by atoms with Crippen LogP contribution in [0.1, 0.15) is 57.5 Å². The number of ether oxygens (including phenoxy) is 6. The SMILES string of the molecule is CCOc1cc(O)c(OCC)c(OCC)c1C(=O)c1c(OCC)cc(O)c(OCC)c1OCC. The maximum atomic E-state index is 14.2. The van der Waals surface area contributed by atoms with E-state index in [4.69, 9.17) is 28.4 Å². The quantitative estimate of drug-likeness (QED) is 0.372. The standard InChI is InChI=1S/C25H34O9/c1-7-29-17-13-15(26)22(31-9-3)24(33-11-5)19(17)21(28)20-18(30-8-2)14-16(27)23(32-10-4)25(20)34-12-6/h13-14,26-27H,7-12H2,1-6H3. The average Bonchev–Trinajstić information content (AvgIpc) is 2.79. The smallest absolute Gasteiger partial charge is 0.208 e. The Labute approximate surface area is 200 Å². The van der Waals surface area contributed by atoms with Crippen LogP contribution in [0, 0.1) is 0 Å². The first-order valence-electron chi connectivity index (χ1n) is 11.5. The van der Waals surface area contributed by atoms with Gasteiger partial charge in [-0.3, -0.25) is 4.79 Å². The molecule has 2 rings (SSSR count). The fourth-order valence-corrected chi connectivity index (χ4v) is 3.43. The van der Waals surface area contributed by atoms with Crippen LogP contribution in [0.4, 0.5) is 0 Å². The highest BCUT2D eigenvalue weighted by Crippen LogP contribution is 2.50. The summed E-state index contributed by atoms with van der Waals surface area (Å²) in [6, 6.07) is 2.63. The highest BCUT2D eigenvalue weighted by atomic mass is 16.5. The summed E-state index contributed by atoms with van der Waals surface area (Å²) in [5.41, 5.74) is 0.0555. The van der Waals surface area contributed by atoms with Gasteiger partial charge in [-0.25, -0.2) is 0 Å². The third kappa shape index (κ3) is 5.52. The van der Waals surface area contributed by atoms with Gasteiger partial charge in [0.05, 0.1) is 39.6 Å². The van der Waals surface area contributed by atoms with Crippen molar-refractivity contribution in [3.05, 3.63) is 23.3 Å². The van der Waals surface area contributed by atoms with Gasteiger partial charge in [0, 0.05) is 12.1 Å². The van der Waals surface area contributed by atoms with Gasteiger partial charge in [0.2, 0.25) is 17.3 Å². The van der Waals surface area contributed by atoms with Gasteiger partial charge in [0.25, 0.3) is 0 Å². The minimum absolute atomic E-state index is 0.0240. The van der Waals surface area contributed by atoms with Gasteiger partial charge in [0.15, 0.2) is 23.0 Å². The van der Waals surface area contributed by atoms with E-state index in [1.165, 1.54) is 12.1 Å². The van der Waals surface area contributed by atoms with E-state index >= 15 is 0 Å². The van der Waals surface area contributed by atoms with E-state index in [9.17, 15) is 15.0 Å². The minimum atomic E-state index is -0.569. The molecule has 9 heteroatoms. The summed E-state index contributed by atoms with van der Waals surface area (Å²) in [5.74, 6) is -0.683. The normalized spacial score (nSPS) is 10.5. The number of aromatic hydroxyl groups is 2. The van der Waals surface area contributed by atoms with Crippen LogP contribution in [-0.4, -0.2) is 55.6 Å². The molecule has 0 fully saturated rings. The summed E-state index contributed by atoms with van der Waals surface area (Å²) >= 11 is 0. The summed E-state index contributed by atoms with van der Waals surface area (Å²) < 4.78 is 34.2. The molecule has 0 radical (unpaired) electrons. The first-order chi connectivity index (χ1) is 16.4. The Morgan fingerprint density at radius 3 is 1.15 bits per heavy atom. The molecule has 0 aromatic heterocycles. The molecule has 0 amide bonds. The van der Waals surface area contributed by atoms with E-state index < -0.39 is 5.78 Å². The van der Waals surface area contributed by atoms with Crippen LogP contribution in [0.2, 0.25) is 0 Å². The number of rotatable bonds is 14. The molecule has 0 aliphatic heterocycles. The van der Waals surface area contributed by atoms with E-state index in [1.54, 1.807) is 41.5 Å². The van der Waals surface area contributed by atoms with Gasteiger partial charge >= 0.3 is 0 Å². The Balaban J connectivity index is 2.96. The molecule has 0 atom stereocenters. The van der Waals surface area contributed by atoms with Crippen molar-refractivity contribution >= 4 is 5.78 Å². The Hall–Kier alpha value is -3.49. The molecule has 9 nitrogen and oxygen atoms in total. The molecule has 2 aromatic rings.